The minimum atomic E-state index is 0.691. The van der Waals surface area contributed by atoms with Gasteiger partial charge in [0.1, 0.15) is 5.75 Å². The molecule has 0 amide bonds. The van der Waals surface area contributed by atoms with E-state index in [0.717, 1.165) is 11.7 Å². The molecule has 2 aliphatic rings. The van der Waals surface area contributed by atoms with E-state index in [4.69, 9.17) is 4.74 Å². The number of benzene rings is 1. The van der Waals surface area contributed by atoms with E-state index in [0.29, 0.717) is 6.04 Å². The highest BCUT2D eigenvalue weighted by Gasteiger charge is 2.40. The van der Waals surface area contributed by atoms with E-state index in [2.05, 4.69) is 29.2 Å². The summed E-state index contributed by atoms with van der Waals surface area (Å²) in [6, 6.07) is 9.29. The molecule has 1 unspecified atom stereocenters. The van der Waals surface area contributed by atoms with Crippen molar-refractivity contribution in [2.75, 3.05) is 20.2 Å². The van der Waals surface area contributed by atoms with Crippen molar-refractivity contribution >= 4 is 0 Å². The van der Waals surface area contributed by atoms with Crippen LogP contribution in [-0.4, -0.2) is 25.1 Å². The quantitative estimate of drug-likeness (QED) is 0.732. The Labute approximate surface area is 90.8 Å². The Morgan fingerprint density at radius 1 is 1.13 bits per heavy atom. The van der Waals surface area contributed by atoms with E-state index in [-0.39, 0.29) is 0 Å². The van der Waals surface area contributed by atoms with E-state index in [1.54, 1.807) is 7.11 Å². The third-order valence-electron chi connectivity index (χ3n) is 3.87. The fourth-order valence-electron chi connectivity index (χ4n) is 3.10. The third-order valence-corrected chi connectivity index (χ3v) is 3.87. The summed E-state index contributed by atoms with van der Waals surface area (Å²) in [6.45, 7) is 2.59. The van der Waals surface area contributed by atoms with Crippen LogP contribution in [0.3, 0.4) is 0 Å². The van der Waals surface area contributed by atoms with Gasteiger partial charge in [0.15, 0.2) is 0 Å². The number of methoxy groups -OCH3 is 1. The summed E-state index contributed by atoms with van der Waals surface area (Å²) in [7, 11) is 1.72. The molecule has 1 aromatic carbocycles. The predicted octanol–water partition coefficient (Wildman–Crippen LogP) is 2.46. The molecule has 2 saturated heterocycles. The van der Waals surface area contributed by atoms with Crippen molar-refractivity contribution in [2.24, 2.45) is 5.92 Å². The van der Waals surface area contributed by atoms with E-state index < -0.39 is 0 Å². The molecular formula is C13H17NO. The van der Waals surface area contributed by atoms with Crippen LogP contribution >= 0.6 is 0 Å². The van der Waals surface area contributed by atoms with Crippen molar-refractivity contribution < 1.29 is 4.74 Å². The Morgan fingerprint density at radius 3 is 2.27 bits per heavy atom. The van der Waals surface area contributed by atoms with Crippen LogP contribution in [0, 0.1) is 5.92 Å². The zero-order chi connectivity index (χ0) is 10.3. The van der Waals surface area contributed by atoms with E-state index in [1.807, 2.05) is 0 Å². The van der Waals surface area contributed by atoms with Gasteiger partial charge in [-0.2, -0.15) is 0 Å². The Morgan fingerprint density at radius 2 is 1.80 bits per heavy atom. The summed E-state index contributed by atoms with van der Waals surface area (Å²) in [5.41, 5.74) is 1.47. The van der Waals surface area contributed by atoms with Gasteiger partial charge >= 0.3 is 0 Å². The molecule has 2 heterocycles. The number of hydrogen-bond donors (Lipinski definition) is 0. The van der Waals surface area contributed by atoms with Gasteiger partial charge in [-0.3, -0.25) is 4.90 Å². The monoisotopic (exact) mass is 203 g/mol. The Bertz CT molecular complexity index is 326. The zero-order valence-corrected chi connectivity index (χ0v) is 9.15. The lowest BCUT2D eigenvalue weighted by atomic mass is 9.94. The Balaban J connectivity index is 1.86. The van der Waals surface area contributed by atoms with E-state index in [9.17, 15) is 0 Å². The van der Waals surface area contributed by atoms with E-state index in [1.165, 1.54) is 31.5 Å². The molecule has 80 valence electrons. The molecule has 0 aromatic heterocycles. The van der Waals surface area contributed by atoms with Gasteiger partial charge < -0.3 is 4.74 Å². The number of nitrogens with zero attached hydrogens (tertiary/aromatic N) is 1. The average Bonchev–Trinajstić information content (AvgIpc) is 2.89. The highest BCUT2D eigenvalue weighted by Crippen LogP contribution is 2.44. The van der Waals surface area contributed by atoms with Crippen molar-refractivity contribution in [1.82, 2.24) is 4.90 Å². The second-order valence-electron chi connectivity index (χ2n) is 4.59. The highest BCUT2D eigenvalue weighted by molar-refractivity contribution is 5.30. The largest absolute Gasteiger partial charge is 0.497 e. The molecule has 1 atom stereocenters. The number of piperidine rings is 1. The average molecular weight is 203 g/mol. The number of fused-ring (bicyclic) bond motifs is 2. The van der Waals surface area contributed by atoms with Crippen molar-refractivity contribution in [2.45, 2.75) is 18.9 Å². The van der Waals surface area contributed by atoms with Crippen molar-refractivity contribution in [3.8, 4) is 5.75 Å². The smallest absolute Gasteiger partial charge is 0.118 e. The molecule has 3 rings (SSSR count). The van der Waals surface area contributed by atoms with Crippen LogP contribution < -0.4 is 4.74 Å². The van der Waals surface area contributed by atoms with Crippen LogP contribution in [0.15, 0.2) is 24.3 Å². The summed E-state index contributed by atoms with van der Waals surface area (Å²) in [4.78, 5) is 2.62. The molecule has 2 heteroatoms. The van der Waals surface area contributed by atoms with Gasteiger partial charge in [-0.1, -0.05) is 12.1 Å². The first kappa shape index (κ1) is 9.22. The number of ether oxygens (including phenoxy) is 1. The standard InChI is InChI=1S/C13H17NO/c1-15-12-4-2-10(3-5-12)13-11-6-8-14(13)9-7-11/h2-5,11,13H,6-9H2,1H3. The summed E-state index contributed by atoms with van der Waals surface area (Å²) < 4.78 is 5.19. The van der Waals surface area contributed by atoms with Crippen LogP contribution in [0.5, 0.6) is 5.75 Å². The zero-order valence-electron chi connectivity index (χ0n) is 9.15. The molecule has 15 heavy (non-hydrogen) atoms. The van der Waals surface area contributed by atoms with Crippen LogP contribution in [0.25, 0.3) is 0 Å². The molecule has 0 aliphatic carbocycles. The summed E-state index contributed by atoms with van der Waals surface area (Å²) >= 11 is 0. The summed E-state index contributed by atoms with van der Waals surface area (Å²) in [5.74, 6) is 1.86. The van der Waals surface area contributed by atoms with Gasteiger partial charge in [-0.15, -0.1) is 0 Å². The number of rotatable bonds is 2. The summed E-state index contributed by atoms with van der Waals surface area (Å²) in [6.07, 6.45) is 2.77. The molecule has 0 radical (unpaired) electrons. The molecule has 2 aliphatic heterocycles. The van der Waals surface area contributed by atoms with Gasteiger partial charge in [0, 0.05) is 6.04 Å². The maximum absolute atomic E-state index is 5.19. The van der Waals surface area contributed by atoms with Gasteiger partial charge in [0.05, 0.1) is 7.11 Å². The van der Waals surface area contributed by atoms with Crippen LogP contribution in [-0.2, 0) is 0 Å². The van der Waals surface area contributed by atoms with Crippen LogP contribution in [0.4, 0.5) is 0 Å². The molecular weight excluding hydrogens is 186 g/mol. The Hall–Kier alpha value is -1.02. The molecule has 0 saturated carbocycles. The van der Waals surface area contributed by atoms with Crippen LogP contribution in [0.2, 0.25) is 0 Å². The SMILES string of the molecule is COc1ccc(C2C3CCN2CC3)cc1. The number of hydrogen-bond acceptors (Lipinski definition) is 2. The first-order valence-electron chi connectivity index (χ1n) is 5.76. The fraction of sp³-hybridized carbons (Fsp3) is 0.538. The van der Waals surface area contributed by atoms with Crippen LogP contribution in [0.1, 0.15) is 24.4 Å². The molecule has 0 spiro atoms. The van der Waals surface area contributed by atoms with Crippen molar-refractivity contribution in [1.29, 1.82) is 0 Å². The minimum Gasteiger partial charge on any atom is -0.497 e. The predicted molar refractivity (Wildman–Crippen MR) is 60.0 cm³/mol. The highest BCUT2D eigenvalue weighted by atomic mass is 16.5. The third kappa shape index (κ3) is 1.44. The Kier molecular flexibility index (Phi) is 2.17. The lowest BCUT2D eigenvalue weighted by Gasteiger charge is -2.19. The van der Waals surface area contributed by atoms with Gasteiger partial charge in [0.25, 0.3) is 0 Å². The second kappa shape index (κ2) is 3.53. The van der Waals surface area contributed by atoms with Gasteiger partial charge in [-0.05, 0) is 49.5 Å². The summed E-state index contributed by atoms with van der Waals surface area (Å²) in [5, 5.41) is 0. The van der Waals surface area contributed by atoms with Crippen molar-refractivity contribution in [3.05, 3.63) is 29.8 Å². The molecule has 2 nitrogen and oxygen atoms in total. The molecule has 2 bridgehead atoms. The molecule has 1 aromatic rings. The normalized spacial score (nSPS) is 33.3. The maximum Gasteiger partial charge on any atom is 0.118 e. The second-order valence-corrected chi connectivity index (χ2v) is 4.59. The maximum atomic E-state index is 5.19. The lowest BCUT2D eigenvalue weighted by molar-refractivity contribution is 0.305. The topological polar surface area (TPSA) is 12.5 Å². The van der Waals surface area contributed by atoms with Crippen molar-refractivity contribution in [3.63, 3.8) is 0 Å². The van der Waals surface area contributed by atoms with E-state index >= 15 is 0 Å². The lowest BCUT2D eigenvalue weighted by Crippen LogP contribution is -2.19. The molecule has 0 N–H and O–H groups in total. The minimum absolute atomic E-state index is 0.691. The molecule has 2 fully saturated rings. The fourth-order valence-corrected chi connectivity index (χ4v) is 3.10. The van der Waals surface area contributed by atoms with Gasteiger partial charge in [-0.25, -0.2) is 0 Å². The first-order chi connectivity index (χ1) is 7.38. The van der Waals surface area contributed by atoms with Gasteiger partial charge in [0.2, 0.25) is 0 Å². The first-order valence-corrected chi connectivity index (χ1v) is 5.76.